The molecule has 0 bridgehead atoms. The smallest absolute Gasteiger partial charge is 0.119 e. The van der Waals surface area contributed by atoms with Crippen LogP contribution in [0.1, 0.15) is 40.5 Å². The normalized spacial score (nSPS) is 12.4. The van der Waals surface area contributed by atoms with E-state index in [1.54, 1.807) is 11.3 Å². The van der Waals surface area contributed by atoms with Crippen LogP contribution in [0.15, 0.2) is 24.3 Å². The number of hydrogen-bond acceptors (Lipinski definition) is 4. The van der Waals surface area contributed by atoms with E-state index in [-0.39, 0.29) is 6.04 Å². The maximum absolute atomic E-state index is 5.71. The van der Waals surface area contributed by atoms with E-state index in [2.05, 4.69) is 43.2 Å². The summed E-state index contributed by atoms with van der Waals surface area (Å²) in [5.74, 6) is 0.926. The first-order valence-electron chi connectivity index (χ1n) is 6.99. The van der Waals surface area contributed by atoms with Gasteiger partial charge in [-0.05, 0) is 45.0 Å². The molecule has 0 saturated heterocycles. The number of nitrogens with one attached hydrogen (secondary N) is 1. The molecular formula is C16H22N2OS. The fourth-order valence-electron chi connectivity index (χ4n) is 2.06. The van der Waals surface area contributed by atoms with Gasteiger partial charge in [-0.15, -0.1) is 11.3 Å². The van der Waals surface area contributed by atoms with Crippen LogP contribution in [0.4, 0.5) is 0 Å². The van der Waals surface area contributed by atoms with Gasteiger partial charge < -0.3 is 10.1 Å². The van der Waals surface area contributed by atoms with Crippen LogP contribution in [-0.4, -0.2) is 18.6 Å². The first kappa shape index (κ1) is 15.0. The summed E-state index contributed by atoms with van der Waals surface area (Å²) < 4.78 is 5.71. The van der Waals surface area contributed by atoms with Gasteiger partial charge >= 0.3 is 0 Å². The first-order valence-corrected chi connectivity index (χ1v) is 7.81. The third-order valence-electron chi connectivity index (χ3n) is 3.24. The Hall–Kier alpha value is -1.39. The van der Waals surface area contributed by atoms with Crippen molar-refractivity contribution < 1.29 is 4.74 Å². The molecule has 1 aromatic heterocycles. The van der Waals surface area contributed by atoms with Crippen molar-refractivity contribution in [2.45, 2.75) is 33.2 Å². The third-order valence-corrected chi connectivity index (χ3v) is 4.38. The molecule has 0 aliphatic rings. The number of nitrogens with zero attached hydrogens (tertiary/aromatic N) is 1. The Labute approximate surface area is 125 Å². The monoisotopic (exact) mass is 290 g/mol. The molecule has 2 rings (SSSR count). The molecule has 2 aromatic rings. The maximum Gasteiger partial charge on any atom is 0.119 e. The Balaban J connectivity index is 2.27. The average molecular weight is 290 g/mol. The lowest BCUT2D eigenvalue weighted by Gasteiger charge is -2.15. The Bertz CT molecular complexity index is 546. The summed E-state index contributed by atoms with van der Waals surface area (Å²) in [5, 5.41) is 4.46. The van der Waals surface area contributed by atoms with Gasteiger partial charge in [-0.1, -0.05) is 19.1 Å². The zero-order valence-electron chi connectivity index (χ0n) is 12.6. The highest BCUT2D eigenvalue weighted by atomic mass is 32.1. The van der Waals surface area contributed by atoms with E-state index in [0.29, 0.717) is 0 Å². The lowest BCUT2D eigenvalue weighted by Crippen LogP contribution is -2.17. The van der Waals surface area contributed by atoms with E-state index < -0.39 is 0 Å². The molecule has 0 radical (unpaired) electrons. The molecule has 0 fully saturated rings. The molecule has 0 spiro atoms. The molecule has 108 valence electrons. The van der Waals surface area contributed by atoms with E-state index >= 15 is 0 Å². The molecule has 1 aromatic carbocycles. The van der Waals surface area contributed by atoms with E-state index in [1.165, 1.54) is 10.4 Å². The molecule has 3 nitrogen and oxygen atoms in total. The predicted octanol–water partition coefficient (Wildman–Crippen LogP) is 3.86. The fraction of sp³-hybridized carbons (Fsp3) is 0.438. The first-order chi connectivity index (χ1) is 9.65. The Morgan fingerprint density at radius 3 is 2.75 bits per heavy atom. The van der Waals surface area contributed by atoms with Crippen LogP contribution >= 0.6 is 11.3 Å². The Morgan fingerprint density at radius 2 is 2.15 bits per heavy atom. The summed E-state index contributed by atoms with van der Waals surface area (Å²) in [4.78, 5) is 5.94. The standard InChI is InChI=1S/C16H22N2OS/c1-5-9-19-14-8-6-7-13(10-14)15(17-4)16-18-11(2)12(3)20-16/h6-8,10,15,17H,5,9H2,1-4H3. The van der Waals surface area contributed by atoms with E-state index in [9.17, 15) is 0 Å². The van der Waals surface area contributed by atoms with E-state index in [4.69, 9.17) is 4.74 Å². The summed E-state index contributed by atoms with van der Waals surface area (Å²) in [6.45, 7) is 7.04. The third kappa shape index (κ3) is 3.38. The average Bonchev–Trinajstić information content (AvgIpc) is 2.77. The van der Waals surface area contributed by atoms with Gasteiger partial charge in [0, 0.05) is 4.88 Å². The van der Waals surface area contributed by atoms with Crippen LogP contribution in [0.5, 0.6) is 5.75 Å². The number of ether oxygens (including phenoxy) is 1. The van der Waals surface area contributed by atoms with Crippen molar-refractivity contribution in [3.63, 3.8) is 0 Å². The van der Waals surface area contributed by atoms with Gasteiger partial charge in [0.15, 0.2) is 0 Å². The van der Waals surface area contributed by atoms with Crippen LogP contribution in [0, 0.1) is 13.8 Å². The number of aryl methyl sites for hydroxylation is 2. The molecule has 0 saturated carbocycles. The SMILES string of the molecule is CCCOc1cccc(C(NC)c2nc(C)c(C)s2)c1. The lowest BCUT2D eigenvalue weighted by molar-refractivity contribution is 0.317. The number of rotatable bonds is 6. The van der Waals surface area contributed by atoms with Crippen molar-refractivity contribution >= 4 is 11.3 Å². The van der Waals surface area contributed by atoms with Crippen molar-refractivity contribution in [1.82, 2.24) is 10.3 Å². The lowest BCUT2D eigenvalue weighted by atomic mass is 10.1. The van der Waals surface area contributed by atoms with Crippen molar-refractivity contribution in [1.29, 1.82) is 0 Å². The minimum atomic E-state index is 0.123. The quantitative estimate of drug-likeness (QED) is 0.877. The fourth-order valence-corrected chi connectivity index (χ4v) is 3.12. The van der Waals surface area contributed by atoms with Gasteiger partial charge in [0.25, 0.3) is 0 Å². The molecular weight excluding hydrogens is 268 g/mol. The van der Waals surface area contributed by atoms with E-state index in [0.717, 1.165) is 29.5 Å². The molecule has 4 heteroatoms. The van der Waals surface area contributed by atoms with Crippen molar-refractivity contribution in [2.24, 2.45) is 0 Å². The van der Waals surface area contributed by atoms with Crippen LogP contribution in [0.3, 0.4) is 0 Å². The number of aromatic nitrogens is 1. The molecule has 1 unspecified atom stereocenters. The van der Waals surface area contributed by atoms with Gasteiger partial charge in [-0.2, -0.15) is 0 Å². The Kier molecular flexibility index (Phi) is 5.15. The summed E-state index contributed by atoms with van der Waals surface area (Å²) in [6, 6.07) is 8.38. The van der Waals surface area contributed by atoms with Crippen LogP contribution in [0.2, 0.25) is 0 Å². The highest BCUT2D eigenvalue weighted by Gasteiger charge is 2.17. The zero-order valence-corrected chi connectivity index (χ0v) is 13.4. The molecule has 0 amide bonds. The van der Waals surface area contributed by atoms with Crippen molar-refractivity contribution in [2.75, 3.05) is 13.7 Å². The van der Waals surface area contributed by atoms with Crippen LogP contribution < -0.4 is 10.1 Å². The minimum Gasteiger partial charge on any atom is -0.494 e. The zero-order chi connectivity index (χ0) is 14.5. The van der Waals surface area contributed by atoms with Crippen molar-refractivity contribution in [3.05, 3.63) is 45.4 Å². The predicted molar refractivity (Wildman–Crippen MR) is 84.7 cm³/mol. The summed E-state index contributed by atoms with van der Waals surface area (Å²) >= 11 is 1.75. The van der Waals surface area contributed by atoms with Crippen LogP contribution in [0.25, 0.3) is 0 Å². The largest absolute Gasteiger partial charge is 0.494 e. The highest BCUT2D eigenvalue weighted by molar-refractivity contribution is 7.11. The Morgan fingerprint density at radius 1 is 1.35 bits per heavy atom. The van der Waals surface area contributed by atoms with Gasteiger partial charge in [0.1, 0.15) is 10.8 Å². The molecule has 20 heavy (non-hydrogen) atoms. The number of benzene rings is 1. The minimum absolute atomic E-state index is 0.123. The number of thiazole rings is 1. The van der Waals surface area contributed by atoms with Gasteiger partial charge in [-0.3, -0.25) is 0 Å². The second kappa shape index (κ2) is 6.86. The van der Waals surface area contributed by atoms with E-state index in [1.807, 2.05) is 19.2 Å². The summed E-state index contributed by atoms with van der Waals surface area (Å²) in [7, 11) is 1.97. The second-order valence-electron chi connectivity index (χ2n) is 4.84. The van der Waals surface area contributed by atoms with Gasteiger partial charge in [0.05, 0.1) is 18.3 Å². The van der Waals surface area contributed by atoms with Gasteiger partial charge in [0.2, 0.25) is 0 Å². The molecule has 0 aliphatic carbocycles. The molecule has 1 atom stereocenters. The number of hydrogen-bond donors (Lipinski definition) is 1. The second-order valence-corrected chi connectivity index (χ2v) is 6.07. The van der Waals surface area contributed by atoms with Gasteiger partial charge in [-0.25, -0.2) is 4.98 Å². The summed E-state index contributed by atoms with van der Waals surface area (Å²) in [5.41, 5.74) is 2.30. The van der Waals surface area contributed by atoms with Crippen LogP contribution in [-0.2, 0) is 0 Å². The molecule has 1 N–H and O–H groups in total. The highest BCUT2D eigenvalue weighted by Crippen LogP contribution is 2.29. The maximum atomic E-state index is 5.71. The summed E-state index contributed by atoms with van der Waals surface area (Å²) in [6.07, 6.45) is 1.02. The molecule has 0 aliphatic heterocycles. The topological polar surface area (TPSA) is 34.1 Å². The molecule has 1 heterocycles. The van der Waals surface area contributed by atoms with Crippen molar-refractivity contribution in [3.8, 4) is 5.75 Å².